The summed E-state index contributed by atoms with van der Waals surface area (Å²) < 4.78 is 37.7. The number of Topliss-reactive ketones (excluding diaryl/α,β-unsaturated/α-hetero) is 1. The summed E-state index contributed by atoms with van der Waals surface area (Å²) in [5.41, 5.74) is 1.26. The van der Waals surface area contributed by atoms with Gasteiger partial charge in [-0.15, -0.1) is 0 Å². The Balaban J connectivity index is 1.57. The minimum Gasteiger partial charge on any atom is -0.351 e. The van der Waals surface area contributed by atoms with Crippen LogP contribution in [0.4, 0.5) is 13.2 Å². The molecule has 0 aliphatic carbocycles. The van der Waals surface area contributed by atoms with Gasteiger partial charge in [-0.3, -0.25) is 14.4 Å². The van der Waals surface area contributed by atoms with Gasteiger partial charge in [0.2, 0.25) is 5.78 Å². The van der Waals surface area contributed by atoms with Crippen molar-refractivity contribution in [2.45, 2.75) is 19.5 Å². The number of halogens is 3. The van der Waals surface area contributed by atoms with E-state index in [0.29, 0.717) is 5.69 Å². The molecule has 0 spiro atoms. The molecule has 0 saturated carbocycles. The number of H-pyrrole nitrogens is 1. The van der Waals surface area contributed by atoms with Gasteiger partial charge in [0.05, 0.1) is 5.92 Å². The van der Waals surface area contributed by atoms with Crippen molar-refractivity contribution in [3.05, 3.63) is 36.0 Å². The summed E-state index contributed by atoms with van der Waals surface area (Å²) in [5.74, 6) is -4.07. The van der Waals surface area contributed by atoms with E-state index in [1.165, 1.54) is 4.90 Å². The topological polar surface area (TPSA) is 73.5 Å². The maximum absolute atomic E-state index is 12.6. The predicted molar refractivity (Wildman–Crippen MR) is 95.6 cm³/mol. The monoisotopic (exact) mass is 395 g/mol. The van der Waals surface area contributed by atoms with E-state index in [2.05, 4.69) is 4.98 Å². The number of piperazine rings is 1. The van der Waals surface area contributed by atoms with E-state index in [0.717, 1.165) is 17.8 Å². The molecule has 1 aliphatic heterocycles. The second-order valence-electron chi connectivity index (χ2n) is 6.92. The second kappa shape index (κ2) is 7.65. The lowest BCUT2D eigenvalue weighted by atomic mass is 10.0. The summed E-state index contributed by atoms with van der Waals surface area (Å²) in [4.78, 5) is 42.4. The number of nitrogens with one attached hydrogen (secondary N) is 1. The summed E-state index contributed by atoms with van der Waals surface area (Å²) >= 11 is 0. The van der Waals surface area contributed by atoms with Gasteiger partial charge in [0, 0.05) is 43.5 Å². The first-order chi connectivity index (χ1) is 13.2. The van der Waals surface area contributed by atoms with Crippen LogP contribution in [0.1, 0.15) is 23.8 Å². The molecule has 6 nitrogen and oxygen atoms in total. The highest BCUT2D eigenvalue weighted by Crippen LogP contribution is 2.28. The number of hydrogen-bond donors (Lipinski definition) is 1. The molecular formula is C19H20F3N3O3. The number of carbonyl (C=O) groups excluding carboxylic acids is 3. The van der Waals surface area contributed by atoms with E-state index in [9.17, 15) is 27.6 Å². The van der Waals surface area contributed by atoms with Crippen molar-refractivity contribution in [2.75, 3.05) is 26.2 Å². The van der Waals surface area contributed by atoms with E-state index in [1.54, 1.807) is 11.0 Å². The molecule has 2 heterocycles. The van der Waals surface area contributed by atoms with Crippen molar-refractivity contribution >= 4 is 28.5 Å². The van der Waals surface area contributed by atoms with Crippen LogP contribution in [0.5, 0.6) is 0 Å². The van der Waals surface area contributed by atoms with Crippen molar-refractivity contribution in [3.63, 3.8) is 0 Å². The predicted octanol–water partition coefficient (Wildman–Crippen LogP) is 2.61. The van der Waals surface area contributed by atoms with Crippen LogP contribution in [0.3, 0.4) is 0 Å². The van der Waals surface area contributed by atoms with Gasteiger partial charge >= 0.3 is 6.18 Å². The molecule has 150 valence electrons. The molecule has 1 saturated heterocycles. The summed E-state index contributed by atoms with van der Waals surface area (Å²) in [6, 6.07) is 9.21. The van der Waals surface area contributed by atoms with E-state index < -0.39 is 30.2 Å². The number of alkyl halides is 3. The number of aromatic amines is 1. The van der Waals surface area contributed by atoms with Crippen LogP contribution in [0.25, 0.3) is 10.9 Å². The fraction of sp³-hybridized carbons (Fsp3) is 0.421. The molecule has 9 heteroatoms. The van der Waals surface area contributed by atoms with Gasteiger partial charge < -0.3 is 14.8 Å². The smallest absolute Gasteiger partial charge is 0.351 e. The third-order valence-electron chi connectivity index (χ3n) is 4.90. The number of para-hydroxylation sites is 1. The molecule has 3 rings (SSSR count). The zero-order valence-corrected chi connectivity index (χ0v) is 15.3. The van der Waals surface area contributed by atoms with Gasteiger partial charge in [-0.25, -0.2) is 0 Å². The van der Waals surface area contributed by atoms with Gasteiger partial charge in [0.25, 0.3) is 11.8 Å². The van der Waals surface area contributed by atoms with E-state index in [-0.39, 0.29) is 32.1 Å². The number of ketones is 1. The number of benzene rings is 1. The summed E-state index contributed by atoms with van der Waals surface area (Å²) in [7, 11) is 0. The fourth-order valence-corrected chi connectivity index (χ4v) is 3.13. The molecule has 1 fully saturated rings. The molecule has 0 radical (unpaired) electrons. The average molecular weight is 395 g/mol. The number of carbonyl (C=O) groups is 3. The molecule has 2 amide bonds. The van der Waals surface area contributed by atoms with E-state index in [1.807, 2.05) is 24.3 Å². The first-order valence-corrected chi connectivity index (χ1v) is 8.92. The first kappa shape index (κ1) is 19.9. The van der Waals surface area contributed by atoms with Crippen LogP contribution < -0.4 is 0 Å². The van der Waals surface area contributed by atoms with Gasteiger partial charge in [-0.05, 0) is 12.1 Å². The number of nitrogens with zero attached hydrogens (tertiary/aromatic N) is 2. The highest BCUT2D eigenvalue weighted by molar-refractivity contribution is 6.36. The Morgan fingerprint density at radius 1 is 1.07 bits per heavy atom. The molecule has 1 N–H and O–H groups in total. The van der Waals surface area contributed by atoms with Gasteiger partial charge in [-0.2, -0.15) is 13.2 Å². The maximum atomic E-state index is 12.6. The van der Waals surface area contributed by atoms with Crippen LogP contribution in [0, 0.1) is 5.92 Å². The van der Waals surface area contributed by atoms with Crippen LogP contribution in [0.2, 0.25) is 0 Å². The Hall–Kier alpha value is -2.84. The van der Waals surface area contributed by atoms with Crippen molar-refractivity contribution in [3.8, 4) is 0 Å². The minimum absolute atomic E-state index is 0.108. The Bertz CT molecular complexity index is 865. The van der Waals surface area contributed by atoms with E-state index >= 15 is 0 Å². The normalized spacial score (nSPS) is 16.3. The molecular weight excluding hydrogens is 375 g/mol. The summed E-state index contributed by atoms with van der Waals surface area (Å²) in [6.45, 7) is 1.51. The highest BCUT2D eigenvalue weighted by atomic mass is 19.4. The zero-order valence-electron chi connectivity index (χ0n) is 15.3. The molecule has 28 heavy (non-hydrogen) atoms. The highest BCUT2D eigenvalue weighted by Gasteiger charge is 2.39. The Morgan fingerprint density at radius 3 is 2.29 bits per heavy atom. The largest absolute Gasteiger partial charge is 0.391 e. The molecule has 0 unspecified atom stereocenters. The molecule has 0 bridgehead atoms. The number of aromatic nitrogens is 1. The average Bonchev–Trinajstić information content (AvgIpc) is 3.10. The van der Waals surface area contributed by atoms with Crippen molar-refractivity contribution in [1.82, 2.24) is 14.8 Å². The lowest BCUT2D eigenvalue weighted by molar-refractivity contribution is -0.175. The lowest BCUT2D eigenvalue weighted by Gasteiger charge is -2.34. The Labute approximate surface area is 159 Å². The first-order valence-electron chi connectivity index (χ1n) is 8.92. The van der Waals surface area contributed by atoms with Gasteiger partial charge in [0.1, 0.15) is 5.69 Å². The number of amides is 2. The SMILES string of the molecule is C[C@@H](CC(=O)C(=O)N1CCN(C(=O)c2cc3ccccc3[nH]2)CC1)C(F)(F)F. The van der Waals surface area contributed by atoms with Crippen molar-refractivity contribution in [1.29, 1.82) is 0 Å². The van der Waals surface area contributed by atoms with Gasteiger partial charge in [0.15, 0.2) is 0 Å². The minimum atomic E-state index is -4.51. The number of hydrogen-bond acceptors (Lipinski definition) is 3. The number of fused-ring (bicyclic) bond motifs is 1. The second-order valence-corrected chi connectivity index (χ2v) is 6.92. The lowest BCUT2D eigenvalue weighted by Crippen LogP contribution is -2.52. The quantitative estimate of drug-likeness (QED) is 0.809. The summed E-state index contributed by atoms with van der Waals surface area (Å²) in [5, 5.41) is 0.907. The zero-order chi connectivity index (χ0) is 20.5. The van der Waals surface area contributed by atoms with Crippen molar-refractivity contribution in [2.24, 2.45) is 5.92 Å². The van der Waals surface area contributed by atoms with Crippen LogP contribution >= 0.6 is 0 Å². The standard InChI is InChI=1S/C19H20F3N3O3/c1-12(19(20,21)22)10-16(26)18(28)25-8-6-24(7-9-25)17(27)15-11-13-4-2-3-5-14(13)23-15/h2-5,11-12,23H,6-10H2,1H3/t12-/m0/s1. The third kappa shape index (κ3) is 4.18. The maximum Gasteiger partial charge on any atom is 0.391 e. The molecule has 2 aromatic rings. The fourth-order valence-electron chi connectivity index (χ4n) is 3.13. The molecule has 1 aromatic carbocycles. The van der Waals surface area contributed by atoms with Crippen LogP contribution in [-0.4, -0.2) is 64.7 Å². The van der Waals surface area contributed by atoms with Crippen LogP contribution in [0.15, 0.2) is 30.3 Å². The van der Waals surface area contributed by atoms with Crippen LogP contribution in [-0.2, 0) is 9.59 Å². The van der Waals surface area contributed by atoms with E-state index in [4.69, 9.17) is 0 Å². The third-order valence-corrected chi connectivity index (χ3v) is 4.90. The molecule has 1 aliphatic rings. The summed E-state index contributed by atoms with van der Waals surface area (Å²) in [6.07, 6.45) is -5.38. The number of rotatable bonds is 4. The Morgan fingerprint density at radius 2 is 1.68 bits per heavy atom. The van der Waals surface area contributed by atoms with Gasteiger partial charge in [-0.1, -0.05) is 25.1 Å². The van der Waals surface area contributed by atoms with Crippen molar-refractivity contribution < 1.29 is 27.6 Å². The Kier molecular flexibility index (Phi) is 5.44. The molecule has 1 aromatic heterocycles. The molecule has 1 atom stereocenters.